The Morgan fingerprint density at radius 2 is 1.57 bits per heavy atom. The Morgan fingerprint density at radius 3 is 2.10 bits per heavy atom. The van der Waals surface area contributed by atoms with Crippen LogP contribution in [0.4, 0.5) is 0 Å². The lowest BCUT2D eigenvalue weighted by atomic mass is 9.88. The number of nitrogens with one attached hydrogen (secondary N) is 1. The van der Waals surface area contributed by atoms with E-state index in [0.717, 1.165) is 45.2 Å². The number of piperidine rings is 1. The maximum Gasteiger partial charge on any atom is 0.223 e. The van der Waals surface area contributed by atoms with E-state index in [1.54, 1.807) is 0 Å². The zero-order valence-corrected chi connectivity index (χ0v) is 18.2. The number of carbonyl (C=O) groups is 1. The van der Waals surface area contributed by atoms with Crippen molar-refractivity contribution in [3.63, 3.8) is 0 Å². The highest BCUT2D eigenvalue weighted by atomic mass is 16.2. The topological polar surface area (TPSA) is 35.6 Å². The van der Waals surface area contributed by atoms with Crippen LogP contribution in [0.2, 0.25) is 0 Å². The van der Waals surface area contributed by atoms with Crippen molar-refractivity contribution in [3.05, 3.63) is 71.8 Å². The van der Waals surface area contributed by atoms with Gasteiger partial charge in [-0.05, 0) is 49.9 Å². The quantitative estimate of drug-likeness (QED) is 0.795. The van der Waals surface area contributed by atoms with Crippen molar-refractivity contribution in [2.45, 2.75) is 38.1 Å². The third kappa shape index (κ3) is 5.11. The number of amides is 1. The van der Waals surface area contributed by atoms with E-state index in [4.69, 9.17) is 0 Å². The minimum absolute atomic E-state index is 0.116. The fourth-order valence-electron chi connectivity index (χ4n) is 5.07. The molecule has 2 aliphatic rings. The molecule has 2 aromatic rings. The summed E-state index contributed by atoms with van der Waals surface area (Å²) in [4.78, 5) is 17.9. The molecule has 0 saturated carbocycles. The summed E-state index contributed by atoms with van der Waals surface area (Å²) in [7, 11) is 0. The highest BCUT2D eigenvalue weighted by Crippen LogP contribution is 2.29. The van der Waals surface area contributed by atoms with E-state index in [9.17, 15) is 4.79 Å². The van der Waals surface area contributed by atoms with Crippen LogP contribution in [-0.2, 0) is 4.79 Å². The van der Waals surface area contributed by atoms with Gasteiger partial charge in [-0.2, -0.15) is 0 Å². The molecule has 0 spiro atoms. The molecule has 4 rings (SSSR count). The van der Waals surface area contributed by atoms with E-state index >= 15 is 0 Å². The molecule has 1 N–H and O–H groups in total. The van der Waals surface area contributed by atoms with Crippen LogP contribution >= 0.6 is 0 Å². The molecule has 160 valence electrons. The van der Waals surface area contributed by atoms with Crippen LogP contribution in [0.25, 0.3) is 0 Å². The van der Waals surface area contributed by atoms with E-state index in [1.807, 2.05) is 12.1 Å². The molecule has 2 saturated heterocycles. The van der Waals surface area contributed by atoms with Crippen LogP contribution in [0.1, 0.15) is 43.2 Å². The predicted molar refractivity (Wildman–Crippen MR) is 123 cm³/mol. The van der Waals surface area contributed by atoms with Gasteiger partial charge in [0.2, 0.25) is 5.91 Å². The number of hydrogen-bond donors (Lipinski definition) is 1. The molecule has 4 nitrogen and oxygen atoms in total. The Labute approximate surface area is 181 Å². The van der Waals surface area contributed by atoms with Gasteiger partial charge in [-0.25, -0.2) is 0 Å². The number of nitrogens with zero attached hydrogens (tertiary/aromatic N) is 2. The fourth-order valence-corrected chi connectivity index (χ4v) is 5.07. The maximum absolute atomic E-state index is 13.2. The number of piperazine rings is 1. The van der Waals surface area contributed by atoms with Crippen molar-refractivity contribution in [2.24, 2.45) is 5.92 Å². The molecule has 2 aromatic carbocycles. The van der Waals surface area contributed by atoms with Crippen molar-refractivity contribution in [3.8, 4) is 0 Å². The number of rotatable bonds is 6. The van der Waals surface area contributed by atoms with Gasteiger partial charge in [-0.3, -0.25) is 9.69 Å². The van der Waals surface area contributed by atoms with E-state index in [2.05, 4.69) is 70.6 Å². The summed E-state index contributed by atoms with van der Waals surface area (Å²) in [5.41, 5.74) is 2.43. The van der Waals surface area contributed by atoms with Gasteiger partial charge >= 0.3 is 0 Å². The van der Waals surface area contributed by atoms with Gasteiger partial charge in [0.1, 0.15) is 0 Å². The zero-order chi connectivity index (χ0) is 20.8. The Hall–Kier alpha value is -2.17. The third-order valence-electron chi connectivity index (χ3n) is 7.04. The van der Waals surface area contributed by atoms with E-state index < -0.39 is 0 Å². The molecule has 0 radical (unpaired) electrons. The Bertz CT molecular complexity index is 741. The predicted octanol–water partition coefficient (Wildman–Crippen LogP) is 3.74. The first-order valence-electron chi connectivity index (χ1n) is 11.5. The van der Waals surface area contributed by atoms with E-state index in [-0.39, 0.29) is 11.8 Å². The second kappa shape index (κ2) is 10.2. The largest absolute Gasteiger partial charge is 0.340 e. The summed E-state index contributed by atoms with van der Waals surface area (Å²) in [5.74, 6) is 1.13. The molecule has 0 bridgehead atoms. The van der Waals surface area contributed by atoms with Crippen molar-refractivity contribution < 1.29 is 4.79 Å². The van der Waals surface area contributed by atoms with Crippen LogP contribution in [0.5, 0.6) is 0 Å². The SMILES string of the molecule is CC(C1CCCNC1)N1CCN(C(=O)CC(c2ccccc2)c2ccccc2)CC1. The highest BCUT2D eigenvalue weighted by molar-refractivity contribution is 5.78. The minimum Gasteiger partial charge on any atom is -0.340 e. The second-order valence-electron chi connectivity index (χ2n) is 8.84. The fraction of sp³-hybridized carbons (Fsp3) is 0.500. The molecule has 30 heavy (non-hydrogen) atoms. The summed E-state index contributed by atoms with van der Waals surface area (Å²) in [5, 5.41) is 3.54. The average molecular weight is 406 g/mol. The highest BCUT2D eigenvalue weighted by Gasteiger charge is 2.30. The molecule has 0 aliphatic carbocycles. The van der Waals surface area contributed by atoms with Crippen LogP contribution in [-0.4, -0.2) is 61.0 Å². The molecule has 2 heterocycles. The lowest BCUT2D eigenvalue weighted by Gasteiger charge is -2.42. The molecule has 2 unspecified atom stereocenters. The van der Waals surface area contributed by atoms with Crippen LogP contribution < -0.4 is 5.32 Å². The van der Waals surface area contributed by atoms with E-state index in [1.165, 1.54) is 24.0 Å². The first-order chi connectivity index (χ1) is 14.7. The van der Waals surface area contributed by atoms with Crippen molar-refractivity contribution in [2.75, 3.05) is 39.3 Å². The molecule has 1 amide bonds. The number of benzene rings is 2. The summed E-state index contributed by atoms with van der Waals surface area (Å²) in [6.07, 6.45) is 3.15. The van der Waals surface area contributed by atoms with Gasteiger partial charge in [0.15, 0.2) is 0 Å². The molecule has 2 fully saturated rings. The smallest absolute Gasteiger partial charge is 0.223 e. The van der Waals surface area contributed by atoms with Crippen LogP contribution in [0.3, 0.4) is 0 Å². The zero-order valence-electron chi connectivity index (χ0n) is 18.2. The molecular formula is C26H35N3O. The van der Waals surface area contributed by atoms with Gasteiger partial charge in [0, 0.05) is 44.6 Å². The molecule has 2 atom stereocenters. The molecule has 0 aromatic heterocycles. The van der Waals surface area contributed by atoms with Gasteiger partial charge in [0.25, 0.3) is 0 Å². The van der Waals surface area contributed by atoms with Gasteiger partial charge < -0.3 is 10.2 Å². The number of hydrogen-bond acceptors (Lipinski definition) is 3. The number of carbonyl (C=O) groups excluding carboxylic acids is 1. The lowest BCUT2D eigenvalue weighted by Crippen LogP contribution is -2.54. The van der Waals surface area contributed by atoms with Crippen molar-refractivity contribution >= 4 is 5.91 Å². The summed E-state index contributed by atoms with van der Waals surface area (Å²) < 4.78 is 0. The van der Waals surface area contributed by atoms with Crippen LogP contribution in [0, 0.1) is 5.92 Å². The monoisotopic (exact) mass is 405 g/mol. The van der Waals surface area contributed by atoms with Crippen LogP contribution in [0.15, 0.2) is 60.7 Å². The normalized spacial score (nSPS) is 21.5. The van der Waals surface area contributed by atoms with E-state index in [0.29, 0.717) is 12.5 Å². The summed E-state index contributed by atoms with van der Waals surface area (Å²) in [6, 6.07) is 21.5. The minimum atomic E-state index is 0.116. The first-order valence-corrected chi connectivity index (χ1v) is 11.5. The van der Waals surface area contributed by atoms with Crippen molar-refractivity contribution in [1.29, 1.82) is 0 Å². The average Bonchev–Trinajstić information content (AvgIpc) is 2.83. The Morgan fingerprint density at radius 1 is 0.967 bits per heavy atom. The first kappa shape index (κ1) is 21.1. The molecule has 4 heteroatoms. The maximum atomic E-state index is 13.2. The Balaban J connectivity index is 1.37. The third-order valence-corrected chi connectivity index (χ3v) is 7.04. The van der Waals surface area contributed by atoms with Gasteiger partial charge in [0.05, 0.1) is 0 Å². The molecule has 2 aliphatic heterocycles. The second-order valence-corrected chi connectivity index (χ2v) is 8.84. The van der Waals surface area contributed by atoms with Gasteiger partial charge in [-0.15, -0.1) is 0 Å². The van der Waals surface area contributed by atoms with Crippen molar-refractivity contribution in [1.82, 2.24) is 15.1 Å². The Kier molecular flexibility index (Phi) is 7.19. The summed E-state index contributed by atoms with van der Waals surface area (Å²) >= 11 is 0. The standard InChI is InChI=1S/C26H35N3O/c1-21(24-13-8-14-27-20-24)28-15-17-29(18-16-28)26(30)19-25(22-9-4-2-5-10-22)23-11-6-3-7-12-23/h2-7,9-12,21,24-25,27H,8,13-20H2,1H3. The van der Waals surface area contributed by atoms with Gasteiger partial charge in [-0.1, -0.05) is 60.7 Å². The lowest BCUT2D eigenvalue weighted by molar-refractivity contribution is -0.133. The molecular weight excluding hydrogens is 370 g/mol. The summed E-state index contributed by atoms with van der Waals surface area (Å²) in [6.45, 7) is 8.34.